The third-order valence-corrected chi connectivity index (χ3v) is 6.48. The van der Waals surface area contributed by atoms with E-state index in [2.05, 4.69) is 5.32 Å². The Morgan fingerprint density at radius 2 is 1.94 bits per heavy atom. The highest BCUT2D eigenvalue weighted by molar-refractivity contribution is 7.15. The minimum atomic E-state index is -1.11. The number of carboxylic acid groups (broad SMARTS) is 1. The van der Waals surface area contributed by atoms with E-state index < -0.39 is 17.7 Å². The van der Waals surface area contributed by atoms with Crippen molar-refractivity contribution >= 4 is 28.9 Å². The van der Waals surface area contributed by atoms with Crippen LogP contribution in [0.2, 0.25) is 0 Å². The molecular weight excluding hydrogens is 433 g/mol. The van der Waals surface area contributed by atoms with Crippen LogP contribution in [0.4, 0.5) is 10.1 Å². The highest BCUT2D eigenvalue weighted by Gasteiger charge is 2.36. The van der Waals surface area contributed by atoms with E-state index >= 15 is 0 Å². The number of amides is 1. The number of carbonyl (C=O) groups is 2. The van der Waals surface area contributed by atoms with E-state index in [1.165, 1.54) is 24.3 Å². The molecule has 0 saturated carbocycles. The van der Waals surface area contributed by atoms with Gasteiger partial charge in [-0.3, -0.25) is 4.79 Å². The molecule has 0 unspecified atom stereocenters. The molecule has 2 heterocycles. The number of fused-ring (bicyclic) bond motifs is 1. The number of aromatic carboxylic acids is 1. The van der Waals surface area contributed by atoms with Crippen LogP contribution in [0, 0.1) is 5.82 Å². The van der Waals surface area contributed by atoms with Gasteiger partial charge in [-0.1, -0.05) is 24.3 Å². The van der Waals surface area contributed by atoms with Gasteiger partial charge in [-0.25, -0.2) is 9.18 Å². The van der Waals surface area contributed by atoms with Crippen LogP contribution < -0.4 is 14.8 Å². The Hall–Kier alpha value is -3.39. The lowest BCUT2D eigenvalue weighted by atomic mass is 9.88. The van der Waals surface area contributed by atoms with Gasteiger partial charge in [0.25, 0.3) is 0 Å². The lowest BCUT2D eigenvalue weighted by Gasteiger charge is -2.27. The largest absolute Gasteiger partial charge is 0.493 e. The van der Waals surface area contributed by atoms with Crippen LogP contribution in [0.3, 0.4) is 0 Å². The molecule has 0 spiro atoms. The topological polar surface area (TPSA) is 84.9 Å². The quantitative estimate of drug-likeness (QED) is 0.511. The van der Waals surface area contributed by atoms with Crippen molar-refractivity contribution in [2.45, 2.75) is 32.3 Å². The molecule has 0 radical (unpaired) electrons. The van der Waals surface area contributed by atoms with Crippen molar-refractivity contribution in [1.29, 1.82) is 0 Å². The summed E-state index contributed by atoms with van der Waals surface area (Å²) >= 11 is 1.11. The molecule has 8 heteroatoms. The smallest absolute Gasteiger partial charge is 0.346 e. The van der Waals surface area contributed by atoms with Crippen LogP contribution in [-0.4, -0.2) is 30.2 Å². The van der Waals surface area contributed by atoms with Gasteiger partial charge >= 0.3 is 5.97 Å². The second-order valence-electron chi connectivity index (χ2n) is 7.71. The first-order chi connectivity index (χ1) is 15.3. The lowest BCUT2D eigenvalue weighted by Crippen LogP contribution is -2.23. The monoisotopic (exact) mass is 455 g/mol. The molecule has 1 aliphatic rings. The van der Waals surface area contributed by atoms with Crippen LogP contribution in [0.5, 0.6) is 11.5 Å². The predicted octanol–water partition coefficient (Wildman–Crippen LogP) is 5.52. The molecule has 32 heavy (non-hydrogen) atoms. The van der Waals surface area contributed by atoms with E-state index in [0.29, 0.717) is 33.2 Å². The van der Waals surface area contributed by atoms with Crippen molar-refractivity contribution in [3.05, 3.63) is 63.6 Å². The first-order valence-corrected chi connectivity index (χ1v) is 10.9. The minimum Gasteiger partial charge on any atom is -0.493 e. The summed E-state index contributed by atoms with van der Waals surface area (Å²) < 4.78 is 25.0. The number of benzene rings is 2. The third-order valence-electron chi connectivity index (χ3n) is 5.19. The predicted molar refractivity (Wildman–Crippen MR) is 121 cm³/mol. The van der Waals surface area contributed by atoms with Gasteiger partial charge < -0.3 is 19.9 Å². The number of ether oxygens (including phenoxy) is 2. The zero-order valence-electron chi connectivity index (χ0n) is 17.8. The maximum Gasteiger partial charge on any atom is 0.346 e. The molecule has 3 aromatic rings. The zero-order valence-corrected chi connectivity index (χ0v) is 18.6. The molecule has 1 atom stereocenters. The molecule has 2 N–H and O–H groups in total. The number of halogens is 1. The molecule has 6 nitrogen and oxygen atoms in total. The molecule has 0 aliphatic carbocycles. The van der Waals surface area contributed by atoms with Gasteiger partial charge in [0.1, 0.15) is 10.7 Å². The second kappa shape index (κ2) is 8.63. The number of carbonyl (C=O) groups excluding carboxylic acids is 1. The Morgan fingerprint density at radius 1 is 1.22 bits per heavy atom. The molecule has 166 valence electrons. The summed E-state index contributed by atoms with van der Waals surface area (Å²) in [5.41, 5.74) is 2.09. The van der Waals surface area contributed by atoms with Crippen molar-refractivity contribution in [1.82, 2.24) is 0 Å². The first-order valence-electron chi connectivity index (χ1n) is 10.1. The van der Waals surface area contributed by atoms with Gasteiger partial charge in [0.05, 0.1) is 18.9 Å². The first kappa shape index (κ1) is 21.8. The molecule has 1 aromatic heterocycles. The highest BCUT2D eigenvalue weighted by Crippen LogP contribution is 2.52. The maximum absolute atomic E-state index is 13.5. The van der Waals surface area contributed by atoms with E-state index in [1.807, 2.05) is 26.0 Å². The van der Waals surface area contributed by atoms with Gasteiger partial charge in [0.2, 0.25) is 5.91 Å². The van der Waals surface area contributed by atoms with E-state index in [9.17, 15) is 19.1 Å². The van der Waals surface area contributed by atoms with Crippen LogP contribution in [-0.2, 0) is 4.79 Å². The Balaban J connectivity index is 1.94. The van der Waals surface area contributed by atoms with Crippen molar-refractivity contribution in [3.8, 4) is 22.6 Å². The number of nitrogens with one attached hydrogen (secondary N) is 1. The van der Waals surface area contributed by atoms with Gasteiger partial charge in [-0.15, -0.1) is 11.3 Å². The van der Waals surface area contributed by atoms with Gasteiger partial charge in [-0.2, -0.15) is 0 Å². The summed E-state index contributed by atoms with van der Waals surface area (Å²) in [6.45, 7) is 3.80. The Labute approximate surface area is 188 Å². The molecule has 0 bridgehead atoms. The van der Waals surface area contributed by atoms with Crippen LogP contribution >= 0.6 is 11.3 Å². The summed E-state index contributed by atoms with van der Waals surface area (Å²) in [5, 5.41) is 12.7. The fourth-order valence-electron chi connectivity index (χ4n) is 3.91. The summed E-state index contributed by atoms with van der Waals surface area (Å²) in [7, 11) is 1.55. The number of methoxy groups -OCH3 is 1. The Bertz CT molecular complexity index is 1190. The number of para-hydroxylation sites is 1. The molecule has 4 rings (SSSR count). The average molecular weight is 456 g/mol. The maximum atomic E-state index is 13.5. The minimum absolute atomic E-state index is 0.0861. The average Bonchev–Trinajstić information content (AvgIpc) is 3.13. The third kappa shape index (κ3) is 3.93. The van der Waals surface area contributed by atoms with Crippen molar-refractivity contribution in [3.63, 3.8) is 0 Å². The summed E-state index contributed by atoms with van der Waals surface area (Å²) in [4.78, 5) is 25.6. The van der Waals surface area contributed by atoms with Crippen LogP contribution in [0.15, 0.2) is 42.5 Å². The van der Waals surface area contributed by atoms with Crippen LogP contribution in [0.1, 0.15) is 46.3 Å². The van der Waals surface area contributed by atoms with E-state index in [-0.39, 0.29) is 23.3 Å². The SMILES string of the molecule is COc1cccc([C@@H]2CC(=O)Nc3c2sc(C(=O)O)c3-c2ccc(F)cc2)c1OC(C)C. The van der Waals surface area contributed by atoms with Gasteiger partial charge in [0, 0.05) is 28.3 Å². The standard InChI is InChI=1S/C24H22FNO5S/c1-12(2)31-21-15(5-4-6-17(21)30-3)16-11-18(27)26-20-19(13-7-9-14(25)10-8-13)23(24(28)29)32-22(16)20/h4-10,12,16H,11H2,1-3H3,(H,26,27)(H,28,29)/t16-/m0/s1. The normalized spacial score (nSPS) is 15.3. The summed E-state index contributed by atoms with van der Waals surface area (Å²) in [6, 6.07) is 11.0. The number of hydrogen-bond donors (Lipinski definition) is 2. The number of thiophene rings is 1. The zero-order chi connectivity index (χ0) is 23.0. The summed E-state index contributed by atoms with van der Waals surface area (Å²) in [5.74, 6) is -1.12. The van der Waals surface area contributed by atoms with Gasteiger partial charge in [-0.05, 0) is 37.6 Å². The Morgan fingerprint density at radius 3 is 2.56 bits per heavy atom. The molecule has 0 saturated heterocycles. The van der Waals surface area contributed by atoms with Gasteiger partial charge in [0.15, 0.2) is 11.5 Å². The highest BCUT2D eigenvalue weighted by atomic mass is 32.1. The molecular formula is C24H22FNO5S. The van der Waals surface area contributed by atoms with E-state index in [1.54, 1.807) is 13.2 Å². The van der Waals surface area contributed by atoms with Crippen molar-refractivity contribution in [2.75, 3.05) is 12.4 Å². The fraction of sp³-hybridized carbons (Fsp3) is 0.250. The number of carboxylic acids is 1. The molecule has 1 amide bonds. The van der Waals surface area contributed by atoms with Crippen LogP contribution in [0.25, 0.3) is 11.1 Å². The molecule has 0 fully saturated rings. The number of hydrogen-bond acceptors (Lipinski definition) is 5. The van der Waals surface area contributed by atoms with Crippen molar-refractivity contribution < 1.29 is 28.6 Å². The van der Waals surface area contributed by atoms with E-state index in [4.69, 9.17) is 9.47 Å². The van der Waals surface area contributed by atoms with E-state index in [0.717, 1.165) is 16.9 Å². The Kier molecular flexibility index (Phi) is 5.88. The van der Waals surface area contributed by atoms with Crippen molar-refractivity contribution in [2.24, 2.45) is 0 Å². The number of anilines is 1. The fourth-order valence-corrected chi connectivity index (χ4v) is 5.15. The second-order valence-corrected chi connectivity index (χ2v) is 8.76. The summed E-state index contributed by atoms with van der Waals surface area (Å²) in [6.07, 6.45) is 0.00599. The molecule has 1 aliphatic heterocycles. The lowest BCUT2D eigenvalue weighted by molar-refractivity contribution is -0.116. The molecule has 2 aromatic carbocycles. The number of rotatable bonds is 6.